The van der Waals surface area contributed by atoms with Crippen molar-refractivity contribution in [3.8, 4) is 0 Å². The molecule has 0 radical (unpaired) electrons. The zero-order valence-corrected chi connectivity index (χ0v) is 7.56. The molecule has 8 heteroatoms. The van der Waals surface area contributed by atoms with Gasteiger partial charge in [0.2, 0.25) is 5.95 Å². The van der Waals surface area contributed by atoms with E-state index < -0.39 is 6.03 Å². The van der Waals surface area contributed by atoms with E-state index in [1.165, 1.54) is 6.33 Å². The number of nitrogens with zero attached hydrogens (tertiary/aromatic N) is 4. The number of hydrogen-bond donors (Lipinski definition) is 2. The molecule has 0 saturated carbocycles. The van der Waals surface area contributed by atoms with Crippen molar-refractivity contribution in [3.63, 3.8) is 0 Å². The summed E-state index contributed by atoms with van der Waals surface area (Å²) in [5.41, 5.74) is 10.9. The second-order valence-corrected chi connectivity index (χ2v) is 2.86. The fraction of sp³-hybridized carbons (Fsp3) is 0. The normalized spacial score (nSPS) is 10.6. The first-order valence-corrected chi connectivity index (χ1v) is 3.93. The van der Waals surface area contributed by atoms with E-state index >= 15 is 0 Å². The van der Waals surface area contributed by atoms with Crippen LogP contribution in [0, 0.1) is 0 Å². The predicted molar refractivity (Wildman–Crippen MR) is 49.7 cm³/mol. The molecule has 0 bridgehead atoms. The Labute approximate surface area is 82.7 Å². The minimum atomic E-state index is -0.707. The van der Waals surface area contributed by atoms with E-state index in [2.05, 4.69) is 15.0 Å². The fourth-order valence-corrected chi connectivity index (χ4v) is 1.26. The van der Waals surface area contributed by atoms with Crippen LogP contribution >= 0.6 is 11.6 Å². The molecule has 1 amide bonds. The Hall–Kier alpha value is -1.89. The van der Waals surface area contributed by atoms with Gasteiger partial charge < -0.3 is 11.5 Å². The van der Waals surface area contributed by atoms with Crippen LogP contribution in [-0.4, -0.2) is 25.6 Å². The average Bonchev–Trinajstić information content (AvgIpc) is 2.47. The Balaban J connectivity index is 2.85. The summed E-state index contributed by atoms with van der Waals surface area (Å²) in [5, 5.41) is 0.0903. The van der Waals surface area contributed by atoms with E-state index in [0.29, 0.717) is 5.52 Å². The van der Waals surface area contributed by atoms with Crippen LogP contribution in [0.2, 0.25) is 5.15 Å². The first kappa shape index (κ1) is 8.70. The first-order valence-electron chi connectivity index (χ1n) is 3.55. The van der Waals surface area contributed by atoms with E-state index in [0.717, 1.165) is 4.57 Å². The molecule has 0 fully saturated rings. The van der Waals surface area contributed by atoms with Crippen molar-refractivity contribution in [2.75, 3.05) is 5.73 Å². The highest BCUT2D eigenvalue weighted by molar-refractivity contribution is 6.33. The molecule has 2 aromatic rings. The summed E-state index contributed by atoms with van der Waals surface area (Å²) in [7, 11) is 0. The van der Waals surface area contributed by atoms with E-state index in [1.807, 2.05) is 0 Å². The second-order valence-electron chi connectivity index (χ2n) is 2.50. The number of nitrogen functional groups attached to an aromatic ring is 1. The topological polar surface area (TPSA) is 113 Å². The van der Waals surface area contributed by atoms with Crippen LogP contribution < -0.4 is 11.5 Å². The zero-order chi connectivity index (χ0) is 10.3. The van der Waals surface area contributed by atoms with Crippen molar-refractivity contribution in [3.05, 3.63) is 11.5 Å². The lowest BCUT2D eigenvalue weighted by atomic mass is 10.5. The Bertz CT molecular complexity index is 520. The summed E-state index contributed by atoms with van der Waals surface area (Å²) in [6.07, 6.45) is 1.22. The quantitative estimate of drug-likeness (QED) is 0.597. The number of halogens is 1. The standard InChI is InChI=1S/C6H5ClN6O/c7-3-2-4(12-5(8)11-3)13(1-10-2)6(9)14/h1H,(H2,9,14)(H2,8,11,12). The van der Waals surface area contributed by atoms with Crippen molar-refractivity contribution in [2.24, 2.45) is 5.73 Å². The summed E-state index contributed by atoms with van der Waals surface area (Å²) in [4.78, 5) is 22.2. The highest BCUT2D eigenvalue weighted by atomic mass is 35.5. The third-order valence-corrected chi connectivity index (χ3v) is 1.87. The summed E-state index contributed by atoms with van der Waals surface area (Å²) < 4.78 is 1.04. The lowest BCUT2D eigenvalue weighted by molar-refractivity contribution is 0.251. The Morgan fingerprint density at radius 1 is 1.50 bits per heavy atom. The Kier molecular flexibility index (Phi) is 1.74. The fourth-order valence-electron chi connectivity index (χ4n) is 1.04. The van der Waals surface area contributed by atoms with Crippen molar-refractivity contribution in [1.82, 2.24) is 19.5 Å². The number of fused-ring (bicyclic) bond motifs is 1. The lowest BCUT2D eigenvalue weighted by Gasteiger charge is -1.97. The molecule has 4 N–H and O–H groups in total. The molecule has 72 valence electrons. The lowest BCUT2D eigenvalue weighted by Crippen LogP contribution is -2.19. The van der Waals surface area contributed by atoms with Crippen molar-refractivity contribution in [2.45, 2.75) is 0 Å². The molecule has 0 atom stereocenters. The molecule has 0 spiro atoms. The van der Waals surface area contributed by atoms with Crippen LogP contribution in [0.15, 0.2) is 6.33 Å². The molecule has 0 aliphatic rings. The zero-order valence-electron chi connectivity index (χ0n) is 6.81. The van der Waals surface area contributed by atoms with Crippen LogP contribution in [0.4, 0.5) is 10.7 Å². The maximum Gasteiger partial charge on any atom is 0.325 e. The predicted octanol–water partition coefficient (Wildman–Crippen LogP) is -0.0113. The van der Waals surface area contributed by atoms with E-state index in [9.17, 15) is 4.79 Å². The number of hydrogen-bond acceptors (Lipinski definition) is 5. The van der Waals surface area contributed by atoms with Gasteiger partial charge in [0.1, 0.15) is 11.8 Å². The van der Waals surface area contributed by atoms with Gasteiger partial charge in [-0.2, -0.15) is 9.97 Å². The van der Waals surface area contributed by atoms with Gasteiger partial charge in [-0.25, -0.2) is 14.3 Å². The number of imidazole rings is 1. The number of carbonyl (C=O) groups is 1. The number of rotatable bonds is 0. The molecular weight excluding hydrogens is 208 g/mol. The molecule has 0 saturated heterocycles. The maximum absolute atomic E-state index is 10.9. The Morgan fingerprint density at radius 3 is 2.86 bits per heavy atom. The Morgan fingerprint density at radius 2 is 2.21 bits per heavy atom. The third kappa shape index (κ3) is 1.14. The first-order chi connectivity index (χ1) is 6.59. The highest BCUT2D eigenvalue weighted by Crippen LogP contribution is 2.18. The van der Waals surface area contributed by atoms with Crippen LogP contribution in [0.5, 0.6) is 0 Å². The summed E-state index contributed by atoms with van der Waals surface area (Å²) >= 11 is 5.72. The van der Waals surface area contributed by atoms with Crippen molar-refractivity contribution >= 4 is 34.7 Å². The summed E-state index contributed by atoms with van der Waals surface area (Å²) in [6, 6.07) is -0.707. The smallest absolute Gasteiger partial charge is 0.325 e. The average molecular weight is 213 g/mol. The minimum absolute atomic E-state index is 0.0366. The van der Waals surface area contributed by atoms with E-state index in [1.54, 1.807) is 0 Å². The molecule has 2 rings (SSSR count). The number of anilines is 1. The van der Waals surface area contributed by atoms with Gasteiger partial charge in [-0.05, 0) is 0 Å². The number of aromatic nitrogens is 4. The molecular formula is C6H5ClN6O. The maximum atomic E-state index is 10.9. The van der Waals surface area contributed by atoms with Crippen LogP contribution in [0.25, 0.3) is 11.2 Å². The summed E-state index contributed by atoms with van der Waals surface area (Å²) in [5.74, 6) is -0.0366. The van der Waals surface area contributed by atoms with E-state index in [-0.39, 0.29) is 16.7 Å². The monoisotopic (exact) mass is 212 g/mol. The molecule has 0 aromatic carbocycles. The summed E-state index contributed by atoms with van der Waals surface area (Å²) in [6.45, 7) is 0. The van der Waals surface area contributed by atoms with Gasteiger partial charge in [0.25, 0.3) is 0 Å². The second kappa shape index (κ2) is 2.81. The van der Waals surface area contributed by atoms with E-state index in [4.69, 9.17) is 23.1 Å². The number of amides is 1. The van der Waals surface area contributed by atoms with Gasteiger partial charge in [-0.1, -0.05) is 11.6 Å². The molecule has 14 heavy (non-hydrogen) atoms. The van der Waals surface area contributed by atoms with Gasteiger partial charge in [-0.15, -0.1) is 0 Å². The van der Waals surface area contributed by atoms with Gasteiger partial charge in [0.05, 0.1) is 0 Å². The minimum Gasteiger partial charge on any atom is -0.368 e. The molecule has 2 heterocycles. The van der Waals surface area contributed by atoms with Crippen LogP contribution in [-0.2, 0) is 0 Å². The van der Waals surface area contributed by atoms with Crippen LogP contribution in [0.1, 0.15) is 0 Å². The number of nitrogens with two attached hydrogens (primary N) is 2. The van der Waals surface area contributed by atoms with Gasteiger partial charge in [-0.3, -0.25) is 0 Å². The molecule has 0 aliphatic carbocycles. The molecule has 0 unspecified atom stereocenters. The van der Waals surface area contributed by atoms with Gasteiger partial charge in [0.15, 0.2) is 10.8 Å². The van der Waals surface area contributed by atoms with Crippen molar-refractivity contribution < 1.29 is 4.79 Å². The largest absolute Gasteiger partial charge is 0.368 e. The molecule has 0 aliphatic heterocycles. The number of primary amides is 1. The SMILES string of the molecule is NC(=O)n1cnc2c(Cl)nc(N)nc21. The van der Waals surface area contributed by atoms with Crippen LogP contribution in [0.3, 0.4) is 0 Å². The third-order valence-electron chi connectivity index (χ3n) is 1.61. The van der Waals surface area contributed by atoms with Gasteiger partial charge >= 0.3 is 6.03 Å². The highest BCUT2D eigenvalue weighted by Gasteiger charge is 2.12. The van der Waals surface area contributed by atoms with Gasteiger partial charge in [0, 0.05) is 0 Å². The van der Waals surface area contributed by atoms with Crippen molar-refractivity contribution in [1.29, 1.82) is 0 Å². The number of carbonyl (C=O) groups excluding carboxylic acids is 1. The molecule has 7 nitrogen and oxygen atoms in total. The molecule has 2 aromatic heterocycles.